The van der Waals surface area contributed by atoms with Crippen molar-refractivity contribution in [3.05, 3.63) is 59.2 Å². The molecule has 0 radical (unpaired) electrons. The number of ether oxygens (including phenoxy) is 1. The summed E-state index contributed by atoms with van der Waals surface area (Å²) in [5, 5.41) is 9.76. The first-order valence-corrected chi connectivity index (χ1v) is 9.84. The minimum Gasteiger partial charge on any atom is -0.593 e. The van der Waals surface area contributed by atoms with E-state index >= 15 is 0 Å². The number of hydrogen-bond acceptors (Lipinski definition) is 4. The van der Waals surface area contributed by atoms with Gasteiger partial charge in [-0.1, -0.05) is 17.7 Å². The van der Waals surface area contributed by atoms with Crippen molar-refractivity contribution in [1.82, 2.24) is 4.72 Å². The van der Waals surface area contributed by atoms with Gasteiger partial charge in [-0.25, -0.2) is 8.78 Å². The lowest BCUT2D eigenvalue weighted by Crippen LogP contribution is -2.45. The van der Waals surface area contributed by atoms with E-state index in [1.807, 2.05) is 19.1 Å². The third kappa shape index (κ3) is 3.29. The van der Waals surface area contributed by atoms with Crippen molar-refractivity contribution in [1.29, 1.82) is 5.26 Å². The van der Waals surface area contributed by atoms with E-state index in [1.165, 1.54) is 0 Å². The summed E-state index contributed by atoms with van der Waals surface area (Å²) in [5.41, 5.74) is 0.850. The molecule has 1 heterocycles. The molecule has 0 saturated heterocycles. The molecule has 2 aromatic carbocycles. The standard InChI is InChI=1S/C20H18F2N2O2S/c1-12-2-4-14(5-3-12)27(25)24-16(10-23)19-18-15(22)8-13(21)9-17(18)26-11-20(19)6-7-20/h2-5,8-9,16,19,24H,6-7,11H2,1H3/t16-,19?,27?/m1/s1. The minimum atomic E-state index is -1.63. The molecular formula is C20H18F2N2O2S. The predicted octanol–water partition coefficient (Wildman–Crippen LogP) is 3.73. The van der Waals surface area contributed by atoms with Crippen molar-refractivity contribution in [3.8, 4) is 11.8 Å². The van der Waals surface area contributed by atoms with Crippen LogP contribution in [-0.4, -0.2) is 17.2 Å². The molecule has 0 bridgehead atoms. The maximum Gasteiger partial charge on any atom is 0.173 e. The third-order valence-corrected chi connectivity index (χ3v) is 6.54. The molecule has 4 rings (SSSR count). The number of fused-ring (bicyclic) bond motifs is 1. The van der Waals surface area contributed by atoms with Crippen LogP contribution in [0.3, 0.4) is 0 Å². The van der Waals surface area contributed by atoms with Crippen molar-refractivity contribution in [2.75, 3.05) is 6.61 Å². The van der Waals surface area contributed by atoms with Crippen molar-refractivity contribution >= 4 is 11.4 Å². The Bertz CT molecular complexity index is 909. The van der Waals surface area contributed by atoms with Gasteiger partial charge in [0.1, 0.15) is 23.4 Å². The minimum absolute atomic E-state index is 0.123. The number of aryl methyl sites for hydroxylation is 1. The summed E-state index contributed by atoms with van der Waals surface area (Å²) in [5.74, 6) is -1.88. The van der Waals surface area contributed by atoms with Gasteiger partial charge in [0.2, 0.25) is 0 Å². The van der Waals surface area contributed by atoms with Crippen LogP contribution >= 0.6 is 0 Å². The second kappa shape index (κ2) is 6.79. The molecule has 0 aromatic heterocycles. The lowest BCUT2D eigenvalue weighted by atomic mass is 9.77. The van der Waals surface area contributed by atoms with E-state index in [2.05, 4.69) is 10.8 Å². The molecule has 4 nitrogen and oxygen atoms in total. The topological polar surface area (TPSA) is 68.1 Å². The number of nitrogens with one attached hydrogen (secondary N) is 1. The van der Waals surface area contributed by atoms with Gasteiger partial charge in [-0.15, -0.1) is 4.72 Å². The smallest absolute Gasteiger partial charge is 0.173 e. The molecule has 2 aliphatic rings. The van der Waals surface area contributed by atoms with Crippen LogP contribution in [0.25, 0.3) is 0 Å². The fourth-order valence-corrected chi connectivity index (χ4v) is 4.69. The Labute approximate surface area is 159 Å². The molecule has 3 atom stereocenters. The van der Waals surface area contributed by atoms with Crippen LogP contribution < -0.4 is 9.46 Å². The second-order valence-corrected chi connectivity index (χ2v) is 8.48. The molecule has 1 saturated carbocycles. The zero-order chi connectivity index (χ0) is 19.2. The lowest BCUT2D eigenvalue weighted by molar-refractivity contribution is 0.162. The molecule has 140 valence electrons. The summed E-state index contributed by atoms with van der Waals surface area (Å²) >= 11 is -1.63. The molecule has 1 aliphatic heterocycles. The highest BCUT2D eigenvalue weighted by Gasteiger charge is 2.58. The summed E-state index contributed by atoms with van der Waals surface area (Å²) in [6.07, 6.45) is 1.57. The van der Waals surface area contributed by atoms with Crippen LogP contribution in [0.5, 0.6) is 5.75 Å². The van der Waals surface area contributed by atoms with Crippen molar-refractivity contribution < 1.29 is 18.1 Å². The van der Waals surface area contributed by atoms with E-state index in [9.17, 15) is 18.6 Å². The molecule has 2 unspecified atom stereocenters. The van der Waals surface area contributed by atoms with Gasteiger partial charge in [-0.3, -0.25) is 0 Å². The maximum atomic E-state index is 14.6. The number of benzene rings is 2. The molecule has 1 spiro atoms. The first kappa shape index (κ1) is 18.2. The van der Waals surface area contributed by atoms with E-state index < -0.39 is 35.0 Å². The van der Waals surface area contributed by atoms with Crippen LogP contribution in [-0.2, 0) is 11.4 Å². The summed E-state index contributed by atoms with van der Waals surface area (Å²) in [4.78, 5) is 0.539. The Morgan fingerprint density at radius 3 is 2.63 bits per heavy atom. The van der Waals surface area contributed by atoms with E-state index in [0.29, 0.717) is 11.5 Å². The summed E-state index contributed by atoms with van der Waals surface area (Å²) in [6.45, 7) is 2.22. The van der Waals surface area contributed by atoms with Gasteiger partial charge in [-0.2, -0.15) is 5.26 Å². The fraction of sp³-hybridized carbons (Fsp3) is 0.350. The van der Waals surface area contributed by atoms with Crippen LogP contribution in [0.2, 0.25) is 0 Å². The summed E-state index contributed by atoms with van der Waals surface area (Å²) < 4.78 is 49.4. The van der Waals surface area contributed by atoms with Gasteiger partial charge in [0.05, 0.1) is 24.0 Å². The molecular weight excluding hydrogens is 370 g/mol. The van der Waals surface area contributed by atoms with Gasteiger partial charge >= 0.3 is 0 Å². The normalized spacial score (nSPS) is 21.7. The molecule has 2 aromatic rings. The zero-order valence-corrected chi connectivity index (χ0v) is 15.5. The van der Waals surface area contributed by atoms with E-state index in [0.717, 1.165) is 30.5 Å². The highest BCUT2D eigenvalue weighted by atomic mass is 32.2. The average molecular weight is 388 g/mol. The van der Waals surface area contributed by atoms with Gasteiger partial charge in [0.25, 0.3) is 0 Å². The predicted molar refractivity (Wildman–Crippen MR) is 96.4 cm³/mol. The first-order chi connectivity index (χ1) is 12.9. The van der Waals surface area contributed by atoms with Crippen molar-refractivity contribution in [2.45, 2.75) is 36.6 Å². The SMILES string of the molecule is Cc1ccc([S+]([O-])N[C@H](C#N)C2c3c(F)cc(F)cc3OCC23CC3)cc1. The van der Waals surface area contributed by atoms with Crippen molar-refractivity contribution in [2.24, 2.45) is 5.41 Å². The summed E-state index contributed by atoms with van der Waals surface area (Å²) in [7, 11) is 0. The number of nitriles is 1. The Morgan fingerprint density at radius 2 is 2.00 bits per heavy atom. The first-order valence-electron chi connectivity index (χ1n) is 8.69. The van der Waals surface area contributed by atoms with Gasteiger partial charge < -0.3 is 9.29 Å². The quantitative estimate of drug-likeness (QED) is 0.811. The van der Waals surface area contributed by atoms with E-state index in [4.69, 9.17) is 4.74 Å². The van der Waals surface area contributed by atoms with Crippen LogP contribution in [0.4, 0.5) is 8.78 Å². The zero-order valence-electron chi connectivity index (χ0n) is 14.7. The summed E-state index contributed by atoms with van der Waals surface area (Å²) in [6, 6.07) is 10.3. The lowest BCUT2D eigenvalue weighted by Gasteiger charge is -2.36. The Morgan fingerprint density at radius 1 is 1.30 bits per heavy atom. The second-order valence-electron chi connectivity index (χ2n) is 7.23. The molecule has 1 fully saturated rings. The van der Waals surface area contributed by atoms with Crippen molar-refractivity contribution in [3.63, 3.8) is 0 Å². The molecule has 1 aliphatic carbocycles. The molecule has 1 N–H and O–H groups in total. The van der Waals surface area contributed by atoms with E-state index in [1.54, 1.807) is 12.1 Å². The molecule has 27 heavy (non-hydrogen) atoms. The van der Waals surface area contributed by atoms with E-state index in [-0.39, 0.29) is 16.7 Å². The number of hydrogen-bond donors (Lipinski definition) is 1. The maximum absolute atomic E-state index is 14.6. The highest BCUT2D eigenvalue weighted by Crippen LogP contribution is 2.61. The monoisotopic (exact) mass is 388 g/mol. The fourth-order valence-electron chi connectivity index (χ4n) is 3.75. The van der Waals surface area contributed by atoms with Crippen LogP contribution in [0, 0.1) is 35.3 Å². The molecule has 7 heteroatoms. The number of halogens is 2. The number of nitrogens with zero attached hydrogens (tertiary/aromatic N) is 1. The number of rotatable bonds is 4. The Kier molecular flexibility index (Phi) is 4.58. The largest absolute Gasteiger partial charge is 0.593 e. The van der Waals surface area contributed by atoms with Crippen LogP contribution in [0.15, 0.2) is 41.3 Å². The average Bonchev–Trinajstić information content (AvgIpc) is 3.41. The third-order valence-electron chi connectivity index (χ3n) is 5.38. The Balaban J connectivity index is 1.68. The van der Waals surface area contributed by atoms with Gasteiger partial charge in [0.15, 0.2) is 4.90 Å². The Hall–Kier alpha value is -2.14. The van der Waals surface area contributed by atoms with Crippen LogP contribution in [0.1, 0.15) is 29.9 Å². The van der Waals surface area contributed by atoms with Gasteiger partial charge in [-0.05, 0) is 31.9 Å². The van der Waals surface area contributed by atoms with Gasteiger partial charge in [0, 0.05) is 29.0 Å². The molecule has 0 amide bonds. The highest BCUT2D eigenvalue weighted by molar-refractivity contribution is 7.89.